The second-order valence-corrected chi connectivity index (χ2v) is 3.90. The molecule has 0 aliphatic rings. The number of amides is 2. The molecule has 0 aromatic carbocycles. The SMILES string of the molecule is COc1cnc(NC(=O)NCC(C)CCO)nc1. The van der Waals surface area contributed by atoms with Crippen LogP contribution in [0.25, 0.3) is 0 Å². The zero-order valence-corrected chi connectivity index (χ0v) is 10.5. The maximum absolute atomic E-state index is 11.5. The van der Waals surface area contributed by atoms with Crippen molar-refractivity contribution in [1.29, 1.82) is 0 Å². The number of nitrogens with one attached hydrogen (secondary N) is 2. The number of urea groups is 1. The Bertz CT molecular complexity index is 369. The third-order valence-electron chi connectivity index (χ3n) is 2.32. The summed E-state index contributed by atoms with van der Waals surface area (Å²) in [5, 5.41) is 13.9. The summed E-state index contributed by atoms with van der Waals surface area (Å²) in [5.74, 6) is 0.957. The van der Waals surface area contributed by atoms with Crippen LogP contribution >= 0.6 is 0 Å². The Hall–Kier alpha value is -1.89. The molecule has 0 bridgehead atoms. The third-order valence-corrected chi connectivity index (χ3v) is 2.32. The van der Waals surface area contributed by atoms with Gasteiger partial charge in [0.25, 0.3) is 0 Å². The standard InChI is InChI=1S/C11H18N4O3/c1-8(3-4-16)5-14-11(17)15-10-12-6-9(18-2)7-13-10/h6-8,16H,3-5H2,1-2H3,(H2,12,13,14,15,17). The summed E-state index contributed by atoms with van der Waals surface area (Å²) in [7, 11) is 1.51. The van der Waals surface area contributed by atoms with Crippen LogP contribution in [0.4, 0.5) is 10.7 Å². The average molecular weight is 254 g/mol. The lowest BCUT2D eigenvalue weighted by Crippen LogP contribution is -2.33. The van der Waals surface area contributed by atoms with Crippen LogP contribution in [0, 0.1) is 5.92 Å². The van der Waals surface area contributed by atoms with E-state index in [0.29, 0.717) is 18.7 Å². The minimum atomic E-state index is -0.370. The van der Waals surface area contributed by atoms with Gasteiger partial charge < -0.3 is 15.2 Å². The van der Waals surface area contributed by atoms with Crippen LogP contribution in [0.5, 0.6) is 5.75 Å². The summed E-state index contributed by atoms with van der Waals surface area (Å²) in [4.78, 5) is 19.3. The number of methoxy groups -OCH3 is 1. The predicted molar refractivity (Wildman–Crippen MR) is 66.5 cm³/mol. The Morgan fingerprint density at radius 1 is 1.50 bits per heavy atom. The highest BCUT2D eigenvalue weighted by Crippen LogP contribution is 2.06. The number of aliphatic hydroxyl groups is 1. The van der Waals surface area contributed by atoms with Crippen molar-refractivity contribution in [3.8, 4) is 5.75 Å². The van der Waals surface area contributed by atoms with Crippen molar-refractivity contribution in [2.24, 2.45) is 5.92 Å². The molecular formula is C11H18N4O3. The van der Waals surface area contributed by atoms with Crippen molar-refractivity contribution in [2.75, 3.05) is 25.6 Å². The molecule has 0 aliphatic carbocycles. The van der Waals surface area contributed by atoms with Gasteiger partial charge in [0.15, 0.2) is 5.75 Å². The first-order chi connectivity index (χ1) is 8.65. The highest BCUT2D eigenvalue weighted by atomic mass is 16.5. The van der Waals surface area contributed by atoms with Crippen molar-refractivity contribution in [3.63, 3.8) is 0 Å². The molecule has 0 saturated carbocycles. The number of aromatic nitrogens is 2. The smallest absolute Gasteiger partial charge is 0.321 e. The topological polar surface area (TPSA) is 96.4 Å². The number of aliphatic hydroxyl groups excluding tert-OH is 1. The molecule has 7 heteroatoms. The van der Waals surface area contributed by atoms with Gasteiger partial charge in [-0.15, -0.1) is 0 Å². The Morgan fingerprint density at radius 2 is 2.17 bits per heavy atom. The minimum Gasteiger partial charge on any atom is -0.494 e. The van der Waals surface area contributed by atoms with Crippen LogP contribution < -0.4 is 15.4 Å². The molecule has 7 nitrogen and oxygen atoms in total. The highest BCUT2D eigenvalue weighted by molar-refractivity contribution is 5.87. The number of nitrogens with zero attached hydrogens (tertiary/aromatic N) is 2. The van der Waals surface area contributed by atoms with Crippen LogP contribution in [0.2, 0.25) is 0 Å². The van der Waals surface area contributed by atoms with Gasteiger partial charge in [0.05, 0.1) is 19.5 Å². The molecule has 0 saturated heterocycles. The average Bonchev–Trinajstić information content (AvgIpc) is 2.38. The molecular weight excluding hydrogens is 236 g/mol. The van der Waals surface area contributed by atoms with Gasteiger partial charge in [0.1, 0.15) is 0 Å². The van der Waals surface area contributed by atoms with Gasteiger partial charge in [-0.3, -0.25) is 5.32 Å². The highest BCUT2D eigenvalue weighted by Gasteiger charge is 2.06. The lowest BCUT2D eigenvalue weighted by Gasteiger charge is -2.11. The van der Waals surface area contributed by atoms with Gasteiger partial charge in [-0.05, 0) is 12.3 Å². The number of carbonyl (C=O) groups is 1. The van der Waals surface area contributed by atoms with Crippen LogP contribution in [-0.2, 0) is 0 Å². The normalized spacial score (nSPS) is 11.7. The second kappa shape index (κ2) is 7.44. The molecule has 1 heterocycles. The van der Waals surface area contributed by atoms with E-state index in [-0.39, 0.29) is 24.5 Å². The first-order valence-corrected chi connectivity index (χ1v) is 5.67. The van der Waals surface area contributed by atoms with E-state index in [1.165, 1.54) is 19.5 Å². The molecule has 18 heavy (non-hydrogen) atoms. The second-order valence-electron chi connectivity index (χ2n) is 3.90. The Labute approximate surface area is 106 Å². The van der Waals surface area contributed by atoms with Crippen molar-refractivity contribution < 1.29 is 14.6 Å². The van der Waals surface area contributed by atoms with E-state index >= 15 is 0 Å². The fourth-order valence-corrected chi connectivity index (χ4v) is 1.22. The molecule has 1 atom stereocenters. The summed E-state index contributed by atoms with van der Waals surface area (Å²) < 4.78 is 4.90. The lowest BCUT2D eigenvalue weighted by atomic mass is 10.1. The largest absolute Gasteiger partial charge is 0.494 e. The molecule has 1 rings (SSSR count). The fraction of sp³-hybridized carbons (Fsp3) is 0.545. The van der Waals surface area contributed by atoms with E-state index in [1.807, 2.05) is 6.92 Å². The van der Waals surface area contributed by atoms with E-state index in [2.05, 4.69) is 20.6 Å². The Kier molecular flexibility index (Phi) is 5.86. The number of hydrogen-bond donors (Lipinski definition) is 3. The zero-order valence-electron chi connectivity index (χ0n) is 10.5. The van der Waals surface area contributed by atoms with Crippen LogP contribution in [0.3, 0.4) is 0 Å². The number of anilines is 1. The lowest BCUT2D eigenvalue weighted by molar-refractivity contribution is 0.243. The number of rotatable bonds is 6. The van der Waals surface area contributed by atoms with Gasteiger partial charge in [-0.1, -0.05) is 6.92 Å². The Morgan fingerprint density at radius 3 is 2.72 bits per heavy atom. The summed E-state index contributed by atoms with van der Waals surface area (Å²) >= 11 is 0. The summed E-state index contributed by atoms with van der Waals surface area (Å²) in [6, 6.07) is -0.370. The van der Waals surface area contributed by atoms with Crippen LogP contribution in [-0.4, -0.2) is 41.4 Å². The van der Waals surface area contributed by atoms with Crippen molar-refractivity contribution >= 4 is 12.0 Å². The van der Waals surface area contributed by atoms with Crippen LogP contribution in [0.1, 0.15) is 13.3 Å². The van der Waals surface area contributed by atoms with E-state index in [1.54, 1.807) is 0 Å². The molecule has 1 aromatic heterocycles. The number of carbonyl (C=O) groups excluding carboxylic acids is 1. The van der Waals surface area contributed by atoms with E-state index < -0.39 is 0 Å². The van der Waals surface area contributed by atoms with Gasteiger partial charge in [-0.25, -0.2) is 14.8 Å². The molecule has 0 spiro atoms. The summed E-state index contributed by atoms with van der Waals surface area (Å²) in [6.07, 6.45) is 3.59. The van der Waals surface area contributed by atoms with Crippen molar-refractivity contribution in [3.05, 3.63) is 12.4 Å². The van der Waals surface area contributed by atoms with E-state index in [9.17, 15) is 4.79 Å². The predicted octanol–water partition coefficient (Wildman–Crippen LogP) is 0.625. The molecule has 100 valence electrons. The molecule has 0 radical (unpaired) electrons. The fourth-order valence-electron chi connectivity index (χ4n) is 1.22. The first-order valence-electron chi connectivity index (χ1n) is 5.67. The van der Waals surface area contributed by atoms with Crippen molar-refractivity contribution in [2.45, 2.75) is 13.3 Å². The van der Waals surface area contributed by atoms with Gasteiger partial charge in [-0.2, -0.15) is 0 Å². The minimum absolute atomic E-state index is 0.117. The van der Waals surface area contributed by atoms with Crippen LogP contribution in [0.15, 0.2) is 12.4 Å². The zero-order chi connectivity index (χ0) is 13.4. The molecule has 2 amide bonds. The van der Waals surface area contributed by atoms with E-state index in [4.69, 9.17) is 9.84 Å². The molecule has 1 aromatic rings. The van der Waals surface area contributed by atoms with Gasteiger partial charge in [0, 0.05) is 13.2 Å². The maximum Gasteiger partial charge on any atom is 0.321 e. The van der Waals surface area contributed by atoms with E-state index in [0.717, 1.165) is 0 Å². The molecule has 0 aliphatic heterocycles. The number of hydrogen-bond acceptors (Lipinski definition) is 5. The van der Waals surface area contributed by atoms with Gasteiger partial charge in [0.2, 0.25) is 5.95 Å². The molecule has 1 unspecified atom stereocenters. The summed E-state index contributed by atoms with van der Waals surface area (Å²) in [6.45, 7) is 2.55. The summed E-state index contributed by atoms with van der Waals surface area (Å²) in [5.41, 5.74) is 0. The first kappa shape index (κ1) is 14.2. The quantitative estimate of drug-likeness (QED) is 0.691. The Balaban J connectivity index is 2.35. The number of ether oxygens (including phenoxy) is 1. The monoisotopic (exact) mass is 254 g/mol. The third kappa shape index (κ3) is 4.96. The van der Waals surface area contributed by atoms with Crippen molar-refractivity contribution in [1.82, 2.24) is 15.3 Å². The molecule has 0 fully saturated rings. The maximum atomic E-state index is 11.5. The molecule has 3 N–H and O–H groups in total. The van der Waals surface area contributed by atoms with Gasteiger partial charge >= 0.3 is 6.03 Å².